The molecule has 4 nitrogen and oxygen atoms in total. The van der Waals surface area contributed by atoms with Gasteiger partial charge < -0.3 is 5.11 Å². The molecule has 0 radical (unpaired) electrons. The van der Waals surface area contributed by atoms with Gasteiger partial charge in [0.05, 0.1) is 5.56 Å². The standard InChI is InChI=1S/C23H26N2O2S/c1-4-17-12-20-19(23(5-2,6-3)9-10-28-20)11-18(17)8-7-16-14-24-21(25-15-16)13-22(26)27/h11-12,14-15H,4-6,9-10,13H2,1-3H3,(H,26,27). The Bertz CT molecular complexity index is 922. The monoisotopic (exact) mass is 394 g/mol. The molecule has 0 saturated carbocycles. The van der Waals surface area contributed by atoms with Crippen LogP contribution in [0.5, 0.6) is 0 Å². The molecule has 2 aromatic rings. The van der Waals surface area contributed by atoms with Gasteiger partial charge >= 0.3 is 5.97 Å². The van der Waals surface area contributed by atoms with Crippen molar-refractivity contribution in [1.82, 2.24) is 9.97 Å². The Morgan fingerprint density at radius 3 is 2.50 bits per heavy atom. The summed E-state index contributed by atoms with van der Waals surface area (Å²) in [4.78, 5) is 20.4. The van der Waals surface area contributed by atoms with Crippen molar-refractivity contribution in [2.45, 2.75) is 63.2 Å². The van der Waals surface area contributed by atoms with Crippen molar-refractivity contribution in [3.8, 4) is 11.8 Å². The molecule has 1 aliphatic heterocycles. The molecule has 0 bridgehead atoms. The van der Waals surface area contributed by atoms with Gasteiger partial charge in [0.1, 0.15) is 12.2 Å². The summed E-state index contributed by atoms with van der Waals surface area (Å²) in [6.45, 7) is 6.74. The lowest BCUT2D eigenvalue weighted by Gasteiger charge is -2.38. The van der Waals surface area contributed by atoms with Gasteiger partial charge in [-0.05, 0) is 60.1 Å². The van der Waals surface area contributed by atoms with Crippen LogP contribution in [0.25, 0.3) is 0 Å². The third-order valence-corrected chi connectivity index (χ3v) is 6.76. The largest absolute Gasteiger partial charge is 0.481 e. The van der Waals surface area contributed by atoms with E-state index in [0.717, 1.165) is 24.8 Å². The average Bonchev–Trinajstić information content (AvgIpc) is 2.71. The molecule has 2 heterocycles. The minimum atomic E-state index is -0.936. The topological polar surface area (TPSA) is 63.1 Å². The molecule has 146 valence electrons. The molecular weight excluding hydrogens is 368 g/mol. The SMILES string of the molecule is CCc1cc2c(cc1C#Cc1cnc(CC(=O)O)nc1)C(CC)(CC)CCS2. The number of nitrogens with zero attached hydrogens (tertiary/aromatic N) is 2. The molecular formula is C23H26N2O2S. The molecule has 0 fully saturated rings. The summed E-state index contributed by atoms with van der Waals surface area (Å²) in [5.74, 6) is 7.03. The number of hydrogen-bond donors (Lipinski definition) is 1. The highest BCUT2D eigenvalue weighted by Gasteiger charge is 2.34. The Balaban J connectivity index is 1.97. The number of carbonyl (C=O) groups is 1. The Kier molecular flexibility index (Phi) is 6.41. The van der Waals surface area contributed by atoms with Crippen molar-refractivity contribution in [3.05, 3.63) is 52.6 Å². The van der Waals surface area contributed by atoms with Gasteiger partial charge in [-0.25, -0.2) is 9.97 Å². The van der Waals surface area contributed by atoms with Crippen molar-refractivity contribution >= 4 is 17.7 Å². The summed E-state index contributed by atoms with van der Waals surface area (Å²) in [6.07, 6.45) is 7.47. The zero-order chi connectivity index (χ0) is 20.1. The number of hydrogen-bond acceptors (Lipinski definition) is 4. The van der Waals surface area contributed by atoms with Crippen molar-refractivity contribution in [2.24, 2.45) is 0 Å². The highest BCUT2D eigenvalue weighted by atomic mass is 32.2. The van der Waals surface area contributed by atoms with E-state index in [9.17, 15) is 4.79 Å². The van der Waals surface area contributed by atoms with Gasteiger partial charge in [0.25, 0.3) is 0 Å². The summed E-state index contributed by atoms with van der Waals surface area (Å²) in [7, 11) is 0. The quantitative estimate of drug-likeness (QED) is 0.750. The minimum absolute atomic E-state index is 0.174. The predicted octanol–water partition coefficient (Wildman–Crippen LogP) is 4.62. The van der Waals surface area contributed by atoms with E-state index in [0.29, 0.717) is 11.4 Å². The molecule has 0 amide bonds. The van der Waals surface area contributed by atoms with Crippen LogP contribution < -0.4 is 0 Å². The molecule has 0 saturated heterocycles. The molecule has 0 atom stereocenters. The first kappa shape index (κ1) is 20.4. The lowest BCUT2D eigenvalue weighted by Crippen LogP contribution is -2.29. The Morgan fingerprint density at radius 1 is 1.18 bits per heavy atom. The number of carboxylic acid groups (broad SMARTS) is 1. The van der Waals surface area contributed by atoms with Crippen LogP contribution in [-0.2, 0) is 23.1 Å². The first-order chi connectivity index (χ1) is 13.5. The van der Waals surface area contributed by atoms with E-state index in [-0.39, 0.29) is 11.8 Å². The molecule has 0 aliphatic carbocycles. The Labute approximate surface area is 171 Å². The molecule has 1 aromatic heterocycles. The maximum Gasteiger partial charge on any atom is 0.311 e. The number of rotatable bonds is 5. The summed E-state index contributed by atoms with van der Waals surface area (Å²) in [5.41, 5.74) is 4.74. The van der Waals surface area contributed by atoms with Crippen LogP contribution in [0.2, 0.25) is 0 Å². The maximum atomic E-state index is 10.7. The lowest BCUT2D eigenvalue weighted by molar-refractivity contribution is -0.136. The van der Waals surface area contributed by atoms with Gasteiger partial charge in [0.15, 0.2) is 0 Å². The van der Waals surface area contributed by atoms with Gasteiger partial charge in [-0.15, -0.1) is 11.8 Å². The number of benzene rings is 1. The van der Waals surface area contributed by atoms with Gasteiger partial charge in [0.2, 0.25) is 0 Å². The number of aliphatic carboxylic acids is 1. The van der Waals surface area contributed by atoms with Crippen LogP contribution in [0.3, 0.4) is 0 Å². The normalized spacial score (nSPS) is 14.7. The molecule has 28 heavy (non-hydrogen) atoms. The summed E-state index contributed by atoms with van der Waals surface area (Å²) in [6, 6.07) is 4.63. The Morgan fingerprint density at radius 2 is 1.89 bits per heavy atom. The zero-order valence-corrected chi connectivity index (χ0v) is 17.5. The number of aromatic nitrogens is 2. The van der Waals surface area contributed by atoms with Crippen LogP contribution in [0.1, 0.15) is 68.1 Å². The average molecular weight is 395 g/mol. The van der Waals surface area contributed by atoms with Crippen LogP contribution in [0.15, 0.2) is 29.4 Å². The van der Waals surface area contributed by atoms with Crippen molar-refractivity contribution in [2.75, 3.05) is 5.75 Å². The molecule has 0 spiro atoms. The highest BCUT2D eigenvalue weighted by Crippen LogP contribution is 2.46. The van der Waals surface area contributed by atoms with Crippen LogP contribution >= 0.6 is 11.8 Å². The molecule has 1 N–H and O–H groups in total. The summed E-state index contributed by atoms with van der Waals surface area (Å²) in [5, 5.41) is 8.82. The summed E-state index contributed by atoms with van der Waals surface area (Å²) >= 11 is 1.96. The molecule has 0 unspecified atom stereocenters. The third-order valence-electron chi connectivity index (χ3n) is 5.71. The van der Waals surface area contributed by atoms with Gasteiger partial charge in [0, 0.05) is 22.9 Å². The fourth-order valence-corrected chi connectivity index (χ4v) is 5.19. The van der Waals surface area contributed by atoms with Crippen molar-refractivity contribution in [3.63, 3.8) is 0 Å². The van der Waals surface area contributed by atoms with Crippen LogP contribution in [0.4, 0.5) is 0 Å². The van der Waals surface area contributed by atoms with Gasteiger partial charge in [-0.3, -0.25) is 4.79 Å². The van der Waals surface area contributed by atoms with Crippen molar-refractivity contribution in [1.29, 1.82) is 0 Å². The van der Waals surface area contributed by atoms with E-state index >= 15 is 0 Å². The number of fused-ring (bicyclic) bond motifs is 1. The van der Waals surface area contributed by atoms with Crippen molar-refractivity contribution < 1.29 is 9.90 Å². The number of carboxylic acids is 1. The van der Waals surface area contributed by atoms with Gasteiger partial charge in [-0.2, -0.15) is 0 Å². The zero-order valence-electron chi connectivity index (χ0n) is 16.7. The fraction of sp³-hybridized carbons (Fsp3) is 0.435. The smallest absolute Gasteiger partial charge is 0.311 e. The maximum absolute atomic E-state index is 10.7. The third kappa shape index (κ3) is 4.23. The van der Waals surface area contributed by atoms with E-state index in [1.165, 1.54) is 28.2 Å². The fourth-order valence-electron chi connectivity index (χ4n) is 3.83. The highest BCUT2D eigenvalue weighted by molar-refractivity contribution is 7.99. The number of thioether (sulfide) groups is 1. The van der Waals surface area contributed by atoms with Crippen LogP contribution in [-0.4, -0.2) is 26.8 Å². The van der Waals surface area contributed by atoms with E-state index < -0.39 is 5.97 Å². The first-order valence-electron chi connectivity index (χ1n) is 9.86. The molecule has 1 aliphatic rings. The molecule has 5 heteroatoms. The van der Waals surface area contributed by atoms with Crippen LogP contribution in [0, 0.1) is 11.8 Å². The molecule has 1 aromatic carbocycles. The predicted molar refractivity (Wildman–Crippen MR) is 113 cm³/mol. The number of aryl methyl sites for hydroxylation is 1. The second-order valence-corrected chi connectivity index (χ2v) is 8.29. The lowest BCUT2D eigenvalue weighted by atomic mass is 9.72. The van der Waals surface area contributed by atoms with E-state index in [1.807, 2.05) is 11.8 Å². The second-order valence-electron chi connectivity index (χ2n) is 7.15. The van der Waals surface area contributed by atoms with Gasteiger partial charge in [-0.1, -0.05) is 32.6 Å². The first-order valence-corrected chi connectivity index (χ1v) is 10.8. The van der Waals surface area contributed by atoms with E-state index in [4.69, 9.17) is 5.11 Å². The second kappa shape index (κ2) is 8.79. The van der Waals surface area contributed by atoms with E-state index in [2.05, 4.69) is 54.7 Å². The minimum Gasteiger partial charge on any atom is -0.481 e. The Hall–Kier alpha value is -2.32. The molecule has 3 rings (SSSR count). The summed E-state index contributed by atoms with van der Waals surface area (Å²) < 4.78 is 0. The van der Waals surface area contributed by atoms with E-state index in [1.54, 1.807) is 12.4 Å².